The largest absolute Gasteiger partial charge is 0.496 e. The molecule has 0 unspecified atom stereocenters. The summed E-state index contributed by atoms with van der Waals surface area (Å²) in [5.41, 5.74) is 3.76. The van der Waals surface area contributed by atoms with E-state index in [-0.39, 0.29) is 17.1 Å². The maximum absolute atomic E-state index is 12.6. The molecule has 2 aromatic carbocycles. The highest BCUT2D eigenvalue weighted by molar-refractivity contribution is 6.00. The number of nitrogens with zero attached hydrogens (tertiary/aromatic N) is 4. The minimum Gasteiger partial charge on any atom is -0.496 e. The number of ether oxygens (including phenoxy) is 3. The average Bonchev–Trinajstić information content (AvgIpc) is 3.51. The van der Waals surface area contributed by atoms with E-state index in [2.05, 4.69) is 10.1 Å². The van der Waals surface area contributed by atoms with Crippen LogP contribution in [0.25, 0.3) is 27.8 Å². The lowest BCUT2D eigenvalue weighted by Gasteiger charge is -2.16. The molecule has 0 saturated carbocycles. The Morgan fingerprint density at radius 1 is 1.06 bits per heavy atom. The lowest BCUT2D eigenvalue weighted by molar-refractivity contribution is -0.123. The van der Waals surface area contributed by atoms with Gasteiger partial charge < -0.3 is 19.5 Å². The number of carbonyl (C=O) groups excluding carboxylic acids is 1. The Hall–Kier alpha value is -4.06. The number of amides is 1. The van der Waals surface area contributed by atoms with Crippen molar-refractivity contribution in [1.82, 2.24) is 24.6 Å². The molecule has 0 atom stereocenters. The maximum Gasteiger partial charge on any atom is 0.405 e. The monoisotopic (exact) mass is 503 g/mol. The molecule has 9 nitrogen and oxygen atoms in total. The van der Waals surface area contributed by atoms with Gasteiger partial charge >= 0.3 is 6.18 Å². The van der Waals surface area contributed by atoms with Crippen LogP contribution in [0.2, 0.25) is 0 Å². The molecule has 2 heterocycles. The number of hydrogen-bond acceptors (Lipinski definition) is 6. The number of alkyl halides is 3. The van der Waals surface area contributed by atoms with Gasteiger partial charge in [0, 0.05) is 31.0 Å². The summed E-state index contributed by atoms with van der Waals surface area (Å²) in [7, 11) is 4.28. The summed E-state index contributed by atoms with van der Waals surface area (Å²) in [5, 5.41) is 6.19. The Labute approximate surface area is 204 Å². The molecule has 0 radical (unpaired) electrons. The van der Waals surface area contributed by atoms with Gasteiger partial charge in [0.2, 0.25) is 0 Å². The van der Waals surface area contributed by atoms with Crippen molar-refractivity contribution >= 4 is 16.9 Å². The molecule has 1 N–H and O–H groups in total. The van der Waals surface area contributed by atoms with Crippen molar-refractivity contribution in [1.29, 1.82) is 0 Å². The number of carbonyl (C=O) groups is 1. The van der Waals surface area contributed by atoms with Crippen LogP contribution in [0.15, 0.2) is 49.1 Å². The number of halogens is 3. The van der Waals surface area contributed by atoms with Crippen LogP contribution in [-0.4, -0.2) is 65.9 Å². The van der Waals surface area contributed by atoms with E-state index in [4.69, 9.17) is 14.2 Å². The van der Waals surface area contributed by atoms with Crippen LogP contribution < -0.4 is 14.8 Å². The van der Waals surface area contributed by atoms with Crippen LogP contribution in [0.3, 0.4) is 0 Å². The van der Waals surface area contributed by atoms with E-state index < -0.39 is 18.6 Å². The number of methoxy groups -OCH3 is 3. The SMILES string of the molecule is COCCn1cc(-c2ccc3c(c2)ncn3-c2cc(OC)c(C(=O)NCC(F)(F)F)c(OC)c2)cn1. The molecule has 2 aromatic heterocycles. The standard InChI is InChI=1S/C24H24F3N5O4/c1-34-7-6-31-12-16(11-30-31)15-4-5-19-18(8-15)29-14-32(19)17-9-20(35-2)22(21(10-17)36-3)23(33)28-13-24(25,26)27/h4-5,8-12,14H,6-7,13H2,1-3H3,(H,28,33). The summed E-state index contributed by atoms with van der Waals surface area (Å²) in [6.07, 6.45) is 0.753. The summed E-state index contributed by atoms with van der Waals surface area (Å²) >= 11 is 0. The second kappa shape index (κ2) is 10.3. The molecule has 4 rings (SSSR count). The van der Waals surface area contributed by atoms with Gasteiger partial charge in [0.1, 0.15) is 29.9 Å². The number of nitrogens with one attached hydrogen (secondary N) is 1. The first-order chi connectivity index (χ1) is 17.2. The number of imidazole rings is 1. The second-order valence-corrected chi connectivity index (χ2v) is 7.83. The van der Waals surface area contributed by atoms with Crippen molar-refractivity contribution in [2.24, 2.45) is 0 Å². The van der Waals surface area contributed by atoms with Gasteiger partial charge in [-0.2, -0.15) is 18.3 Å². The summed E-state index contributed by atoms with van der Waals surface area (Å²) in [6.45, 7) is -0.277. The molecule has 190 valence electrons. The molecule has 0 saturated heterocycles. The van der Waals surface area contributed by atoms with Crippen LogP contribution in [0.4, 0.5) is 13.2 Å². The van der Waals surface area contributed by atoms with E-state index in [0.29, 0.717) is 24.4 Å². The summed E-state index contributed by atoms with van der Waals surface area (Å²) in [4.78, 5) is 17.0. The zero-order valence-corrected chi connectivity index (χ0v) is 19.8. The summed E-state index contributed by atoms with van der Waals surface area (Å²) in [5.74, 6) is -0.837. The first-order valence-corrected chi connectivity index (χ1v) is 10.8. The van der Waals surface area contributed by atoms with Crippen molar-refractivity contribution in [2.45, 2.75) is 12.7 Å². The summed E-state index contributed by atoms with van der Waals surface area (Å²) in [6, 6.07) is 8.84. The van der Waals surface area contributed by atoms with E-state index in [9.17, 15) is 18.0 Å². The fourth-order valence-electron chi connectivity index (χ4n) is 3.75. The Bertz CT molecular complexity index is 1350. The highest BCUT2D eigenvalue weighted by Crippen LogP contribution is 2.34. The Kier molecular flexibility index (Phi) is 7.15. The van der Waals surface area contributed by atoms with Crippen molar-refractivity contribution in [2.75, 3.05) is 34.5 Å². The molecule has 0 aliphatic heterocycles. The van der Waals surface area contributed by atoms with E-state index in [1.165, 1.54) is 14.2 Å². The third kappa shape index (κ3) is 5.28. The van der Waals surface area contributed by atoms with Crippen LogP contribution in [-0.2, 0) is 11.3 Å². The minimum absolute atomic E-state index is 0.0611. The molecule has 0 aliphatic rings. The molecule has 36 heavy (non-hydrogen) atoms. The zero-order valence-electron chi connectivity index (χ0n) is 19.8. The highest BCUT2D eigenvalue weighted by Gasteiger charge is 2.30. The van der Waals surface area contributed by atoms with E-state index >= 15 is 0 Å². The number of fused-ring (bicyclic) bond motifs is 1. The molecule has 0 bridgehead atoms. The van der Waals surface area contributed by atoms with E-state index in [1.807, 2.05) is 29.7 Å². The summed E-state index contributed by atoms with van der Waals surface area (Å²) < 4.78 is 57.1. The molecule has 12 heteroatoms. The number of rotatable bonds is 9. The Morgan fingerprint density at radius 2 is 1.78 bits per heavy atom. The quantitative estimate of drug-likeness (QED) is 0.373. The second-order valence-electron chi connectivity index (χ2n) is 7.83. The normalized spacial score (nSPS) is 11.6. The number of hydrogen-bond donors (Lipinski definition) is 1. The van der Waals surface area contributed by atoms with Gasteiger partial charge in [0.15, 0.2) is 0 Å². The third-order valence-corrected chi connectivity index (χ3v) is 5.48. The predicted molar refractivity (Wildman–Crippen MR) is 126 cm³/mol. The molecule has 1 amide bonds. The molecular weight excluding hydrogens is 479 g/mol. The Morgan fingerprint density at radius 3 is 2.42 bits per heavy atom. The van der Waals surface area contributed by atoms with Crippen LogP contribution in [0, 0.1) is 0 Å². The average molecular weight is 503 g/mol. The molecule has 4 aromatic rings. The molecule has 0 spiro atoms. The van der Waals surface area contributed by atoms with Gasteiger partial charge in [-0.15, -0.1) is 0 Å². The topological polar surface area (TPSA) is 92.4 Å². The Balaban J connectivity index is 1.67. The highest BCUT2D eigenvalue weighted by atomic mass is 19.4. The molecular formula is C24H24F3N5O4. The minimum atomic E-state index is -4.55. The van der Waals surface area contributed by atoms with Crippen LogP contribution >= 0.6 is 0 Å². The fraction of sp³-hybridized carbons (Fsp3) is 0.292. The predicted octanol–water partition coefficient (Wildman–Crippen LogP) is 3.84. The lowest BCUT2D eigenvalue weighted by atomic mass is 10.1. The number of aromatic nitrogens is 4. The lowest BCUT2D eigenvalue weighted by Crippen LogP contribution is -2.34. The zero-order chi connectivity index (χ0) is 25.9. The van der Waals surface area contributed by atoms with Crippen molar-refractivity contribution in [3.05, 3.63) is 54.6 Å². The van der Waals surface area contributed by atoms with E-state index in [1.54, 1.807) is 41.0 Å². The first-order valence-electron chi connectivity index (χ1n) is 10.8. The van der Waals surface area contributed by atoms with Gasteiger partial charge in [0.25, 0.3) is 5.91 Å². The smallest absolute Gasteiger partial charge is 0.405 e. The van der Waals surface area contributed by atoms with Crippen LogP contribution in [0.1, 0.15) is 10.4 Å². The van der Waals surface area contributed by atoms with E-state index in [0.717, 1.165) is 16.6 Å². The third-order valence-electron chi connectivity index (χ3n) is 5.48. The first kappa shape index (κ1) is 25.0. The fourth-order valence-corrected chi connectivity index (χ4v) is 3.75. The van der Waals surface area contributed by atoms with Gasteiger partial charge in [-0.25, -0.2) is 4.98 Å². The van der Waals surface area contributed by atoms with Gasteiger partial charge in [0.05, 0.1) is 50.3 Å². The maximum atomic E-state index is 12.6. The van der Waals surface area contributed by atoms with Gasteiger partial charge in [-0.3, -0.25) is 14.0 Å². The van der Waals surface area contributed by atoms with Crippen LogP contribution in [0.5, 0.6) is 11.5 Å². The molecule has 0 fully saturated rings. The number of benzene rings is 2. The van der Waals surface area contributed by atoms with Gasteiger partial charge in [-0.05, 0) is 17.7 Å². The van der Waals surface area contributed by atoms with Gasteiger partial charge in [-0.1, -0.05) is 6.07 Å². The van der Waals surface area contributed by atoms with Crippen molar-refractivity contribution in [3.8, 4) is 28.3 Å². The van der Waals surface area contributed by atoms with Crippen molar-refractivity contribution in [3.63, 3.8) is 0 Å². The van der Waals surface area contributed by atoms with Crippen molar-refractivity contribution < 1.29 is 32.2 Å². The molecule has 0 aliphatic carbocycles.